The van der Waals surface area contributed by atoms with Gasteiger partial charge in [-0.3, -0.25) is 0 Å². The molecule has 3 aromatic rings. The van der Waals surface area contributed by atoms with E-state index in [0.717, 1.165) is 16.5 Å². The van der Waals surface area contributed by atoms with E-state index in [2.05, 4.69) is 9.97 Å². The molecule has 0 saturated carbocycles. The zero-order chi connectivity index (χ0) is 12.5. The van der Waals surface area contributed by atoms with Crippen LogP contribution in [0.2, 0.25) is 0 Å². The highest BCUT2D eigenvalue weighted by molar-refractivity contribution is 5.81. The summed E-state index contributed by atoms with van der Waals surface area (Å²) in [4.78, 5) is 8.05. The predicted molar refractivity (Wildman–Crippen MR) is 67.0 cm³/mol. The van der Waals surface area contributed by atoms with Crippen molar-refractivity contribution in [1.29, 1.82) is 0 Å². The number of aliphatic hydroxyl groups is 1. The van der Waals surface area contributed by atoms with Gasteiger partial charge in [-0.25, -0.2) is 9.97 Å². The number of para-hydroxylation sites is 1. The van der Waals surface area contributed by atoms with E-state index in [1.807, 2.05) is 31.2 Å². The number of nitrogens with zero attached hydrogens (tertiary/aromatic N) is 2. The quantitative estimate of drug-likeness (QED) is 0.748. The van der Waals surface area contributed by atoms with Crippen molar-refractivity contribution in [2.75, 3.05) is 0 Å². The van der Waals surface area contributed by atoms with Crippen LogP contribution in [-0.4, -0.2) is 15.1 Å². The fourth-order valence-electron chi connectivity index (χ4n) is 1.94. The van der Waals surface area contributed by atoms with Crippen LogP contribution in [0.4, 0.5) is 0 Å². The van der Waals surface area contributed by atoms with E-state index in [0.29, 0.717) is 11.6 Å². The van der Waals surface area contributed by atoms with Crippen molar-refractivity contribution in [2.45, 2.75) is 13.0 Å². The molecule has 0 aliphatic rings. The minimum atomic E-state index is -0.932. The second kappa shape index (κ2) is 4.23. The Morgan fingerprint density at radius 3 is 2.67 bits per heavy atom. The van der Waals surface area contributed by atoms with Gasteiger partial charge in [0.2, 0.25) is 0 Å². The molecule has 2 heterocycles. The van der Waals surface area contributed by atoms with Crippen molar-refractivity contribution < 1.29 is 9.52 Å². The van der Waals surface area contributed by atoms with Gasteiger partial charge in [0.15, 0.2) is 11.9 Å². The maximum atomic E-state index is 10.2. The van der Waals surface area contributed by atoms with Crippen LogP contribution >= 0.6 is 0 Å². The summed E-state index contributed by atoms with van der Waals surface area (Å²) < 4.78 is 5.69. The molecule has 4 nitrogen and oxygen atoms in total. The van der Waals surface area contributed by atoms with Gasteiger partial charge in [-0.1, -0.05) is 18.2 Å². The topological polar surface area (TPSA) is 59.2 Å². The van der Waals surface area contributed by atoms with Crippen LogP contribution in [0.25, 0.3) is 11.0 Å². The molecule has 0 saturated heterocycles. The molecule has 0 fully saturated rings. The van der Waals surface area contributed by atoms with Gasteiger partial charge >= 0.3 is 0 Å². The summed E-state index contributed by atoms with van der Waals surface area (Å²) in [7, 11) is 0. The molecular weight excluding hydrogens is 228 g/mol. The summed E-state index contributed by atoms with van der Waals surface area (Å²) in [6, 6.07) is 9.42. The Balaban J connectivity index is 2.07. The lowest BCUT2D eigenvalue weighted by Crippen LogP contribution is -2.03. The molecule has 18 heavy (non-hydrogen) atoms. The molecule has 0 aliphatic heterocycles. The SMILES string of the molecule is Cc1cccc2cc(C(O)c3ncccn3)oc12. The van der Waals surface area contributed by atoms with Gasteiger partial charge in [0.25, 0.3) is 0 Å². The Morgan fingerprint density at radius 2 is 1.94 bits per heavy atom. The number of hydrogen-bond donors (Lipinski definition) is 1. The van der Waals surface area contributed by atoms with Gasteiger partial charge in [-0.15, -0.1) is 0 Å². The van der Waals surface area contributed by atoms with Gasteiger partial charge in [0.05, 0.1) is 0 Å². The van der Waals surface area contributed by atoms with E-state index in [9.17, 15) is 5.11 Å². The summed E-state index contributed by atoms with van der Waals surface area (Å²) in [5.41, 5.74) is 1.84. The number of fused-ring (bicyclic) bond motifs is 1. The van der Waals surface area contributed by atoms with Crippen molar-refractivity contribution >= 4 is 11.0 Å². The third kappa shape index (κ3) is 1.76. The highest BCUT2D eigenvalue weighted by Gasteiger charge is 2.18. The minimum Gasteiger partial charge on any atom is -0.458 e. The number of aliphatic hydroxyl groups excluding tert-OH is 1. The normalized spacial score (nSPS) is 12.8. The first-order valence-electron chi connectivity index (χ1n) is 5.70. The summed E-state index contributed by atoms with van der Waals surface area (Å²) in [6.07, 6.45) is 2.26. The summed E-state index contributed by atoms with van der Waals surface area (Å²) in [5.74, 6) is 0.805. The van der Waals surface area contributed by atoms with Gasteiger partial charge in [0, 0.05) is 17.8 Å². The van der Waals surface area contributed by atoms with E-state index in [1.165, 1.54) is 0 Å². The lowest BCUT2D eigenvalue weighted by molar-refractivity contribution is 0.182. The number of aryl methyl sites for hydroxylation is 1. The van der Waals surface area contributed by atoms with Crippen molar-refractivity contribution in [2.24, 2.45) is 0 Å². The standard InChI is InChI=1S/C14H12N2O2/c1-9-4-2-5-10-8-11(18-13(9)10)12(17)14-15-6-3-7-16-14/h2-8,12,17H,1H3. The fraction of sp³-hybridized carbons (Fsp3) is 0.143. The first-order chi connectivity index (χ1) is 8.75. The number of rotatable bonds is 2. The molecule has 2 aromatic heterocycles. The van der Waals surface area contributed by atoms with Gasteiger partial charge in [-0.2, -0.15) is 0 Å². The number of hydrogen-bond acceptors (Lipinski definition) is 4. The van der Waals surface area contributed by atoms with Crippen molar-refractivity contribution in [1.82, 2.24) is 9.97 Å². The second-order valence-corrected chi connectivity index (χ2v) is 4.15. The molecule has 3 rings (SSSR count). The molecule has 90 valence electrons. The zero-order valence-corrected chi connectivity index (χ0v) is 9.87. The van der Waals surface area contributed by atoms with Gasteiger partial charge in [0.1, 0.15) is 11.3 Å². The lowest BCUT2D eigenvalue weighted by atomic mass is 10.1. The van der Waals surface area contributed by atoms with E-state index >= 15 is 0 Å². The maximum Gasteiger partial charge on any atom is 0.171 e. The smallest absolute Gasteiger partial charge is 0.171 e. The van der Waals surface area contributed by atoms with Crippen LogP contribution in [0.1, 0.15) is 23.3 Å². The maximum absolute atomic E-state index is 10.2. The van der Waals surface area contributed by atoms with E-state index < -0.39 is 6.10 Å². The molecule has 4 heteroatoms. The molecule has 0 bridgehead atoms. The molecule has 0 amide bonds. The first kappa shape index (κ1) is 10.9. The highest BCUT2D eigenvalue weighted by atomic mass is 16.4. The van der Waals surface area contributed by atoms with Crippen molar-refractivity contribution in [3.63, 3.8) is 0 Å². The Bertz CT molecular complexity index is 677. The number of benzene rings is 1. The summed E-state index contributed by atoms with van der Waals surface area (Å²) in [5, 5.41) is 11.1. The van der Waals surface area contributed by atoms with Crippen molar-refractivity contribution in [3.05, 3.63) is 59.9 Å². The van der Waals surface area contributed by atoms with Crippen LogP contribution in [0.3, 0.4) is 0 Å². The molecule has 1 N–H and O–H groups in total. The van der Waals surface area contributed by atoms with Crippen LogP contribution in [0.15, 0.2) is 47.1 Å². The first-order valence-corrected chi connectivity index (χ1v) is 5.70. The molecule has 0 radical (unpaired) electrons. The van der Waals surface area contributed by atoms with Gasteiger partial charge < -0.3 is 9.52 Å². The molecule has 1 atom stereocenters. The summed E-state index contributed by atoms with van der Waals surface area (Å²) >= 11 is 0. The highest BCUT2D eigenvalue weighted by Crippen LogP contribution is 2.28. The van der Waals surface area contributed by atoms with Crippen LogP contribution in [-0.2, 0) is 0 Å². The summed E-state index contributed by atoms with van der Waals surface area (Å²) in [6.45, 7) is 1.97. The largest absolute Gasteiger partial charge is 0.458 e. The number of furan rings is 1. The van der Waals surface area contributed by atoms with Crippen molar-refractivity contribution in [3.8, 4) is 0 Å². The second-order valence-electron chi connectivity index (χ2n) is 4.15. The lowest BCUT2D eigenvalue weighted by Gasteiger charge is -2.04. The van der Waals surface area contributed by atoms with E-state index in [-0.39, 0.29) is 0 Å². The number of aromatic nitrogens is 2. The minimum absolute atomic E-state index is 0.342. The third-order valence-electron chi connectivity index (χ3n) is 2.86. The van der Waals surface area contributed by atoms with Crippen LogP contribution in [0.5, 0.6) is 0 Å². The molecule has 1 unspecified atom stereocenters. The van der Waals surface area contributed by atoms with Crippen LogP contribution in [0, 0.1) is 6.92 Å². The Labute approximate surface area is 104 Å². The average molecular weight is 240 g/mol. The monoisotopic (exact) mass is 240 g/mol. The van der Waals surface area contributed by atoms with E-state index in [4.69, 9.17) is 4.42 Å². The molecule has 1 aromatic carbocycles. The Morgan fingerprint density at radius 1 is 1.17 bits per heavy atom. The molecular formula is C14H12N2O2. The Hall–Kier alpha value is -2.20. The average Bonchev–Trinajstić information content (AvgIpc) is 2.84. The molecule has 0 spiro atoms. The Kier molecular flexibility index (Phi) is 2.57. The van der Waals surface area contributed by atoms with Gasteiger partial charge in [-0.05, 0) is 24.6 Å². The predicted octanol–water partition coefficient (Wildman–Crippen LogP) is 2.61. The fourth-order valence-corrected chi connectivity index (χ4v) is 1.94. The zero-order valence-electron chi connectivity index (χ0n) is 9.87. The van der Waals surface area contributed by atoms with E-state index in [1.54, 1.807) is 18.5 Å². The third-order valence-corrected chi connectivity index (χ3v) is 2.86. The molecule has 0 aliphatic carbocycles. The van der Waals surface area contributed by atoms with Crippen LogP contribution < -0.4 is 0 Å².